The maximum Gasteiger partial charge on any atom is 0.322 e. The molecule has 0 aliphatic carbocycles. The number of anilines is 1. The van der Waals surface area contributed by atoms with E-state index < -0.39 is 9.84 Å². The number of hydrogen-bond acceptors (Lipinski definition) is 5. The second-order valence-corrected chi connectivity index (χ2v) is 10.4. The first-order valence-electron chi connectivity index (χ1n) is 10.6. The first kappa shape index (κ1) is 21.7. The number of aromatic nitrogens is 3. The lowest BCUT2D eigenvalue weighted by Gasteiger charge is -2.25. The molecule has 0 radical (unpaired) electrons. The average Bonchev–Trinajstić information content (AvgIpc) is 3.48. The molecule has 0 unspecified atom stereocenters. The van der Waals surface area contributed by atoms with Crippen LogP contribution in [0.15, 0.2) is 52.8 Å². The Bertz CT molecular complexity index is 1370. The summed E-state index contributed by atoms with van der Waals surface area (Å²) >= 11 is 6.01. The molecule has 2 aliphatic heterocycles. The zero-order valence-electron chi connectivity index (χ0n) is 17.9. The molecule has 10 heteroatoms. The molecule has 2 amide bonds. The fraction of sp³-hybridized carbons (Fsp3) is 0.261. The number of likely N-dealkylation sites (tertiary alicyclic amines) is 1. The number of aryl methyl sites for hydroxylation is 1. The maximum absolute atomic E-state index is 13.2. The van der Waals surface area contributed by atoms with Crippen molar-refractivity contribution in [2.24, 2.45) is 0 Å². The van der Waals surface area contributed by atoms with E-state index in [1.54, 1.807) is 23.1 Å². The summed E-state index contributed by atoms with van der Waals surface area (Å²) in [5.74, 6) is 1.50. The Morgan fingerprint density at radius 1 is 1.18 bits per heavy atom. The number of benzene rings is 2. The number of urea groups is 1. The van der Waals surface area contributed by atoms with Crippen LogP contribution in [-0.4, -0.2) is 40.7 Å². The Morgan fingerprint density at radius 3 is 2.76 bits per heavy atom. The van der Waals surface area contributed by atoms with Crippen molar-refractivity contribution in [1.29, 1.82) is 0 Å². The van der Waals surface area contributed by atoms with Crippen LogP contribution in [0.25, 0.3) is 6.08 Å². The number of amides is 2. The summed E-state index contributed by atoms with van der Waals surface area (Å²) in [5.41, 5.74) is 2.12. The van der Waals surface area contributed by atoms with Gasteiger partial charge in [-0.25, -0.2) is 13.2 Å². The van der Waals surface area contributed by atoms with Crippen molar-refractivity contribution in [3.63, 3.8) is 0 Å². The lowest BCUT2D eigenvalue weighted by Crippen LogP contribution is -2.35. The second-order valence-electron chi connectivity index (χ2n) is 8.20. The van der Waals surface area contributed by atoms with Crippen LogP contribution in [0.1, 0.15) is 41.7 Å². The van der Waals surface area contributed by atoms with E-state index in [1.165, 1.54) is 11.5 Å². The molecule has 33 heavy (non-hydrogen) atoms. The summed E-state index contributed by atoms with van der Waals surface area (Å²) < 4.78 is 26.3. The molecule has 0 saturated carbocycles. The minimum absolute atomic E-state index is 0.205. The van der Waals surface area contributed by atoms with Gasteiger partial charge in [0.1, 0.15) is 5.82 Å². The Hall–Kier alpha value is -3.17. The monoisotopic (exact) mass is 483 g/mol. The molecule has 170 valence electrons. The van der Waals surface area contributed by atoms with Crippen LogP contribution in [0.3, 0.4) is 0 Å². The first-order valence-corrected chi connectivity index (χ1v) is 12.5. The molecule has 3 heterocycles. The van der Waals surface area contributed by atoms with Crippen LogP contribution < -0.4 is 5.32 Å². The van der Waals surface area contributed by atoms with E-state index in [9.17, 15) is 13.2 Å². The quantitative estimate of drug-likeness (QED) is 0.592. The molecule has 1 atom stereocenters. The first-order chi connectivity index (χ1) is 15.8. The minimum Gasteiger partial charge on any atom is -0.314 e. The molecule has 8 nitrogen and oxygen atoms in total. The Morgan fingerprint density at radius 2 is 1.97 bits per heavy atom. The highest BCUT2D eigenvalue weighted by Gasteiger charge is 2.34. The summed E-state index contributed by atoms with van der Waals surface area (Å²) in [6.07, 6.45) is 3.17. The summed E-state index contributed by atoms with van der Waals surface area (Å²) in [6, 6.07) is 12.0. The third-order valence-electron chi connectivity index (χ3n) is 6.03. The Kier molecular flexibility index (Phi) is 5.46. The SMILES string of the molecule is Cc1nnc([C@H]2CCCN2C(=O)Nc2ccc3c(c2)S(=O)(=O)C=C3)n1Cc1ccc(Cl)cc1. The Balaban J connectivity index is 1.37. The second kappa shape index (κ2) is 8.31. The molecule has 1 fully saturated rings. The highest BCUT2D eigenvalue weighted by molar-refractivity contribution is 7.94. The van der Waals surface area contributed by atoms with Crippen molar-refractivity contribution in [3.05, 3.63) is 75.7 Å². The number of nitrogens with zero attached hydrogens (tertiary/aromatic N) is 4. The number of nitrogens with one attached hydrogen (secondary N) is 1. The topological polar surface area (TPSA) is 97.2 Å². The maximum atomic E-state index is 13.2. The molecule has 2 aromatic carbocycles. The Labute approximate surface area is 196 Å². The van der Waals surface area contributed by atoms with E-state index in [2.05, 4.69) is 15.5 Å². The standard InChI is InChI=1S/C23H22ClN5O3S/c1-15-26-27-22(29(15)14-16-4-7-18(24)8-5-16)20-3-2-11-28(20)23(30)25-19-9-6-17-10-12-33(31,32)21(17)13-19/h4-10,12-13,20H,2-3,11,14H2,1H3,(H,25,30)/t20-/m1/s1. The smallest absolute Gasteiger partial charge is 0.314 e. The lowest BCUT2D eigenvalue weighted by molar-refractivity contribution is 0.204. The van der Waals surface area contributed by atoms with Crippen LogP contribution in [0.2, 0.25) is 5.02 Å². The van der Waals surface area contributed by atoms with E-state index in [0.29, 0.717) is 29.4 Å². The number of carbonyl (C=O) groups is 1. The van der Waals surface area contributed by atoms with E-state index in [1.807, 2.05) is 35.8 Å². The van der Waals surface area contributed by atoms with Crippen molar-refractivity contribution in [1.82, 2.24) is 19.7 Å². The molecular weight excluding hydrogens is 462 g/mol. The van der Waals surface area contributed by atoms with Crippen molar-refractivity contribution in [3.8, 4) is 0 Å². The van der Waals surface area contributed by atoms with Gasteiger partial charge < -0.3 is 14.8 Å². The van der Waals surface area contributed by atoms with E-state index in [-0.39, 0.29) is 17.0 Å². The van der Waals surface area contributed by atoms with Crippen molar-refractivity contribution in [2.45, 2.75) is 37.2 Å². The molecule has 1 N–H and O–H groups in total. The fourth-order valence-electron chi connectivity index (χ4n) is 4.32. The highest BCUT2D eigenvalue weighted by atomic mass is 35.5. The molecule has 1 aromatic heterocycles. The number of hydrogen-bond donors (Lipinski definition) is 1. The van der Waals surface area contributed by atoms with Crippen molar-refractivity contribution >= 4 is 39.2 Å². The van der Waals surface area contributed by atoms with Crippen molar-refractivity contribution < 1.29 is 13.2 Å². The zero-order valence-corrected chi connectivity index (χ0v) is 19.5. The molecule has 0 spiro atoms. The molecule has 5 rings (SSSR count). The summed E-state index contributed by atoms with van der Waals surface area (Å²) in [4.78, 5) is 15.1. The van der Waals surface area contributed by atoms with E-state index in [4.69, 9.17) is 11.6 Å². The van der Waals surface area contributed by atoms with Gasteiger partial charge in [-0.1, -0.05) is 29.8 Å². The molecule has 1 saturated heterocycles. The van der Waals surface area contributed by atoms with Gasteiger partial charge in [0.2, 0.25) is 9.84 Å². The summed E-state index contributed by atoms with van der Waals surface area (Å²) in [7, 11) is -3.45. The molecule has 2 aliphatic rings. The average molecular weight is 484 g/mol. The highest BCUT2D eigenvalue weighted by Crippen LogP contribution is 2.33. The number of sulfone groups is 1. The van der Waals surface area contributed by atoms with Gasteiger partial charge in [0.05, 0.1) is 17.5 Å². The fourth-order valence-corrected chi connectivity index (χ4v) is 5.67. The van der Waals surface area contributed by atoms with Crippen LogP contribution >= 0.6 is 11.6 Å². The van der Waals surface area contributed by atoms with E-state index >= 15 is 0 Å². The molecular formula is C23H22ClN5O3S. The van der Waals surface area contributed by atoms with Gasteiger partial charge in [-0.2, -0.15) is 0 Å². The largest absolute Gasteiger partial charge is 0.322 e. The van der Waals surface area contributed by atoms with E-state index in [0.717, 1.165) is 30.1 Å². The van der Waals surface area contributed by atoms with Gasteiger partial charge in [-0.3, -0.25) is 0 Å². The van der Waals surface area contributed by atoms with Gasteiger partial charge in [0, 0.05) is 22.7 Å². The summed E-state index contributed by atoms with van der Waals surface area (Å²) in [5, 5.41) is 13.4. The van der Waals surface area contributed by atoms with Crippen LogP contribution in [0.4, 0.5) is 10.5 Å². The van der Waals surface area contributed by atoms with Gasteiger partial charge in [0.15, 0.2) is 5.82 Å². The van der Waals surface area contributed by atoms with Gasteiger partial charge >= 0.3 is 6.03 Å². The van der Waals surface area contributed by atoms with Crippen LogP contribution in [0, 0.1) is 6.92 Å². The number of rotatable bonds is 4. The zero-order chi connectivity index (χ0) is 23.2. The van der Waals surface area contributed by atoms with Gasteiger partial charge in [0.25, 0.3) is 0 Å². The number of carbonyl (C=O) groups excluding carboxylic acids is 1. The predicted molar refractivity (Wildman–Crippen MR) is 126 cm³/mol. The van der Waals surface area contributed by atoms with Gasteiger partial charge in [-0.05, 0) is 61.2 Å². The van der Waals surface area contributed by atoms with Crippen molar-refractivity contribution in [2.75, 3.05) is 11.9 Å². The third-order valence-corrected chi connectivity index (χ3v) is 7.74. The molecule has 3 aromatic rings. The molecule has 0 bridgehead atoms. The number of fused-ring (bicyclic) bond motifs is 1. The predicted octanol–water partition coefficient (Wildman–Crippen LogP) is 4.42. The summed E-state index contributed by atoms with van der Waals surface area (Å²) in [6.45, 7) is 3.05. The van der Waals surface area contributed by atoms with Crippen LogP contribution in [0.5, 0.6) is 0 Å². The van der Waals surface area contributed by atoms with Gasteiger partial charge in [-0.15, -0.1) is 10.2 Å². The minimum atomic E-state index is -3.45. The lowest BCUT2D eigenvalue weighted by atomic mass is 10.2. The van der Waals surface area contributed by atoms with Crippen LogP contribution in [-0.2, 0) is 16.4 Å². The third kappa shape index (κ3) is 4.14. The number of halogens is 1. The normalized spacial score (nSPS) is 18.5.